The highest BCUT2D eigenvalue weighted by Gasteiger charge is 2.43. The number of rotatable bonds is 32. The molecule has 0 saturated carbocycles. The van der Waals surface area contributed by atoms with Crippen LogP contribution in [-0.4, -0.2) is 61.8 Å². The topological polar surface area (TPSA) is 136 Å². The van der Waals surface area contributed by atoms with E-state index in [1.807, 2.05) is 146 Å². The predicted molar refractivity (Wildman–Crippen MR) is 356 cm³/mol. The van der Waals surface area contributed by atoms with E-state index in [2.05, 4.69) is 130 Å². The van der Waals surface area contributed by atoms with Gasteiger partial charge in [-0.1, -0.05) is 158 Å². The van der Waals surface area contributed by atoms with Crippen molar-refractivity contribution in [3.8, 4) is 12.1 Å². The number of carbonyl (C=O) groups is 3. The first-order valence-electron chi connectivity index (χ1n) is 28.6. The Morgan fingerprint density at radius 2 is 0.659 bits per heavy atom. The van der Waals surface area contributed by atoms with Crippen molar-refractivity contribution in [2.45, 2.75) is 179 Å². The third kappa shape index (κ3) is 33.8. The van der Waals surface area contributed by atoms with Gasteiger partial charge in [0.1, 0.15) is 17.0 Å². The van der Waals surface area contributed by atoms with Crippen LogP contribution in [0.25, 0.3) is 0 Å². The molecule has 2 unspecified atom stereocenters. The minimum Gasteiger partial charge on any atom is -0.405 e. The van der Waals surface area contributed by atoms with Crippen molar-refractivity contribution in [1.29, 1.82) is 10.5 Å². The van der Waals surface area contributed by atoms with E-state index in [0.717, 1.165) is 49.7 Å². The maximum Gasteiger partial charge on any atom is 0.193 e. The van der Waals surface area contributed by atoms with Crippen LogP contribution in [0.3, 0.4) is 0 Å². The first kappa shape index (κ1) is 76.0. The number of nitriles is 2. The third-order valence-corrected chi connectivity index (χ3v) is 15.4. The molecule has 2 atom stereocenters. The predicted octanol–water partition coefficient (Wildman–Crippen LogP) is 19.5. The fraction of sp³-hybridized carbons (Fsp3) is 0.406. The monoisotopic (exact) mass is 1180 g/mol. The van der Waals surface area contributed by atoms with Gasteiger partial charge in [-0.15, -0.1) is 39.5 Å². The fourth-order valence-corrected chi connectivity index (χ4v) is 12.9. The van der Waals surface area contributed by atoms with Crippen molar-refractivity contribution in [1.82, 2.24) is 0 Å². The number of carbonyl (C=O) groups excluding carboxylic acids is 3. The van der Waals surface area contributed by atoms with Gasteiger partial charge in [-0.2, -0.15) is 10.5 Å². The molecule has 0 aliphatic carbocycles. The second-order valence-electron chi connectivity index (χ2n) is 23.6. The first-order chi connectivity index (χ1) is 38.6. The number of allylic oxidation sites excluding steroid dienone is 6. The summed E-state index contributed by atoms with van der Waals surface area (Å²) in [5.74, 6) is 0.471. The molecule has 0 radical (unpaired) electrons. The van der Waals surface area contributed by atoms with Gasteiger partial charge in [0.15, 0.2) is 57.0 Å². The zero-order valence-electron chi connectivity index (χ0n) is 52.1. The molecule has 4 rings (SSSR count). The van der Waals surface area contributed by atoms with Crippen molar-refractivity contribution >= 4 is 50.6 Å². The fourth-order valence-electron chi connectivity index (χ4n) is 8.17. The van der Waals surface area contributed by atoms with Crippen LogP contribution in [0.1, 0.15) is 121 Å². The minimum atomic E-state index is -1.88. The van der Waals surface area contributed by atoms with Gasteiger partial charge in [-0.05, 0) is 154 Å². The number of ketones is 3. The Morgan fingerprint density at radius 1 is 0.415 bits per heavy atom. The summed E-state index contributed by atoms with van der Waals surface area (Å²) in [5.41, 5.74) is 1.78. The van der Waals surface area contributed by atoms with Gasteiger partial charge in [0, 0.05) is 24.0 Å². The molecule has 4 aromatic carbocycles. The van der Waals surface area contributed by atoms with Crippen LogP contribution in [0.4, 0.5) is 0 Å². The van der Waals surface area contributed by atoms with Gasteiger partial charge in [0.25, 0.3) is 0 Å². The van der Waals surface area contributed by atoms with Crippen molar-refractivity contribution in [2.24, 2.45) is 0 Å². The Bertz CT molecular complexity index is 2380. The van der Waals surface area contributed by atoms with Crippen LogP contribution in [0.5, 0.6) is 0 Å². The molecule has 0 fully saturated rings. The summed E-state index contributed by atoms with van der Waals surface area (Å²) in [6.07, 6.45) is 18.7. The SMILES string of the molecule is C=CCCC(=O)CCC=C.C=CCCC(CCC=C)(O[Si](C)(C)C)C(=O)c1ccccc1.C=CCCC(CCC=C)(O[Si](C)(C)C)C(=O)c1ccccc1.C[Si](C)(C)OC(C#N)c1ccccc1.C[Si](C)(C)OC(C#N)c1ccccc1. The number of Topliss-reactive ketones (excluding diaryl/α,β-unsaturated/α-hetero) is 3. The molecular weight excluding hydrogens is 1080 g/mol. The van der Waals surface area contributed by atoms with Gasteiger partial charge >= 0.3 is 0 Å². The summed E-state index contributed by atoms with van der Waals surface area (Å²) in [6, 6.07) is 42.5. The molecule has 0 aromatic heterocycles. The largest absolute Gasteiger partial charge is 0.405 e. The van der Waals surface area contributed by atoms with Gasteiger partial charge in [-0.25, -0.2) is 0 Å². The lowest BCUT2D eigenvalue weighted by molar-refractivity contribution is -0.118. The van der Waals surface area contributed by atoms with Crippen molar-refractivity contribution in [3.63, 3.8) is 0 Å². The number of hydrogen-bond donors (Lipinski definition) is 0. The second-order valence-corrected chi connectivity index (χ2v) is 41.4. The summed E-state index contributed by atoms with van der Waals surface area (Å²) in [5, 5.41) is 18.0. The summed E-state index contributed by atoms with van der Waals surface area (Å²) >= 11 is 0. The number of benzene rings is 4. The van der Waals surface area contributed by atoms with Crippen molar-refractivity contribution in [2.75, 3.05) is 0 Å². The molecule has 0 amide bonds. The highest BCUT2D eigenvalue weighted by Crippen LogP contribution is 2.34. The average molecular weight is 1180 g/mol. The molecule has 0 bridgehead atoms. The van der Waals surface area contributed by atoms with E-state index in [1.54, 1.807) is 12.2 Å². The van der Waals surface area contributed by atoms with Crippen molar-refractivity contribution in [3.05, 3.63) is 220 Å². The second kappa shape index (κ2) is 40.3. The van der Waals surface area contributed by atoms with E-state index in [1.165, 1.54) is 0 Å². The van der Waals surface area contributed by atoms with Crippen molar-refractivity contribution < 1.29 is 32.1 Å². The van der Waals surface area contributed by atoms with Crippen LogP contribution < -0.4 is 0 Å². The molecule has 0 heterocycles. The van der Waals surface area contributed by atoms with E-state index in [4.69, 9.17) is 28.2 Å². The standard InChI is InChI=1S/2C19H28O2Si.2C11H15NOSi.C9H14O/c2*1-6-8-15-19(16-9-7-2,21-22(3,4)5)18(20)17-13-11-10-12-14-17;2*1-14(2,3)13-11(9-12)10-7-5-4-6-8-10;1-3-5-7-9(10)8-6-4-2/h2*6-7,10-14H,1-2,8-9,15-16H2,3-5H3;2*4-8,11H,1-3H3;3-4H,1-2,5-8H2. The third-order valence-electron chi connectivity index (χ3n) is 11.5. The van der Waals surface area contributed by atoms with Crippen LogP contribution in [0.2, 0.25) is 78.6 Å². The highest BCUT2D eigenvalue weighted by molar-refractivity contribution is 6.71. The molecule has 444 valence electrons. The number of nitrogens with zero attached hydrogens (tertiary/aromatic N) is 2. The van der Waals surface area contributed by atoms with Gasteiger partial charge in [0.2, 0.25) is 0 Å². The lowest BCUT2D eigenvalue weighted by Crippen LogP contribution is -2.48. The zero-order chi connectivity index (χ0) is 62.3. The maximum absolute atomic E-state index is 13.2. The normalized spacial score (nSPS) is 12.0. The molecule has 0 N–H and O–H groups in total. The molecule has 0 spiro atoms. The molecule has 0 saturated heterocycles. The summed E-state index contributed by atoms with van der Waals surface area (Å²) in [4.78, 5) is 37.2. The summed E-state index contributed by atoms with van der Waals surface area (Å²) in [6.45, 7) is 47.5. The molecule has 82 heavy (non-hydrogen) atoms. The first-order valence-corrected chi connectivity index (χ1v) is 42.2. The summed E-state index contributed by atoms with van der Waals surface area (Å²) in [7, 11) is -7.05. The van der Waals surface area contributed by atoms with Gasteiger partial charge in [0.05, 0.1) is 12.1 Å². The Balaban J connectivity index is 0.00000103. The quantitative estimate of drug-likeness (QED) is 0.0266. The molecule has 9 nitrogen and oxygen atoms in total. The van der Waals surface area contributed by atoms with E-state index in [9.17, 15) is 14.4 Å². The van der Waals surface area contributed by atoms with Crippen LogP contribution in [0.15, 0.2) is 197 Å². The average Bonchev–Trinajstić information content (AvgIpc) is 3.61. The molecule has 0 aliphatic rings. The van der Waals surface area contributed by atoms with Crippen LogP contribution in [0, 0.1) is 22.7 Å². The molecule has 13 heteroatoms. The smallest absolute Gasteiger partial charge is 0.193 e. The van der Waals surface area contributed by atoms with Gasteiger partial charge < -0.3 is 17.7 Å². The van der Waals surface area contributed by atoms with E-state index < -0.39 is 56.7 Å². The zero-order valence-corrected chi connectivity index (χ0v) is 56.1. The number of hydrogen-bond acceptors (Lipinski definition) is 9. The van der Waals surface area contributed by atoms with E-state index in [-0.39, 0.29) is 11.6 Å². The minimum absolute atomic E-state index is 0.0826. The van der Waals surface area contributed by atoms with Crippen LogP contribution in [-0.2, 0) is 22.5 Å². The van der Waals surface area contributed by atoms with E-state index >= 15 is 0 Å². The Kier molecular flexibility index (Phi) is 37.3. The Hall–Kier alpha value is -5.98. The Labute approximate surface area is 501 Å². The molecular formula is C69H100N2O7Si4. The summed E-state index contributed by atoms with van der Waals surface area (Å²) < 4.78 is 24.4. The molecule has 0 aliphatic heterocycles. The Morgan fingerprint density at radius 3 is 0.866 bits per heavy atom. The maximum atomic E-state index is 13.2. The van der Waals surface area contributed by atoms with Gasteiger partial charge in [-0.3, -0.25) is 14.4 Å². The lowest BCUT2D eigenvalue weighted by Gasteiger charge is -2.38. The highest BCUT2D eigenvalue weighted by atomic mass is 28.4. The lowest BCUT2D eigenvalue weighted by atomic mass is 9.84. The van der Waals surface area contributed by atoms with Crippen LogP contribution >= 0.6 is 0 Å². The van der Waals surface area contributed by atoms with E-state index in [0.29, 0.717) is 55.4 Å². The molecule has 4 aromatic rings.